The molecule has 0 spiro atoms. The molecule has 5 heteroatoms. The van der Waals surface area contributed by atoms with Crippen LogP contribution in [0.3, 0.4) is 0 Å². The molecule has 18 heavy (non-hydrogen) atoms. The van der Waals surface area contributed by atoms with Gasteiger partial charge in [0.25, 0.3) is 0 Å². The molecule has 2 unspecified atom stereocenters. The number of ketones is 1. The first-order valence-corrected chi connectivity index (χ1v) is 9.40. The molecule has 1 heterocycles. The Morgan fingerprint density at radius 1 is 1.11 bits per heavy atom. The van der Waals surface area contributed by atoms with Gasteiger partial charge in [0.05, 0.1) is 0 Å². The van der Waals surface area contributed by atoms with Crippen LogP contribution in [0.4, 0.5) is 0 Å². The summed E-state index contributed by atoms with van der Waals surface area (Å²) in [5.74, 6) is -0.860. The number of hydrogen-bond donors (Lipinski definition) is 0. The topological polar surface area (TPSA) is 60.4 Å². The molecule has 3 rings (SSSR count). The number of rotatable bonds is 1. The van der Waals surface area contributed by atoms with Crippen LogP contribution >= 0.6 is 18.8 Å². The predicted octanol–water partition coefficient (Wildman–Crippen LogP) is 2.39. The van der Waals surface area contributed by atoms with Crippen molar-refractivity contribution in [2.75, 3.05) is 0 Å². The summed E-state index contributed by atoms with van der Waals surface area (Å²) in [5, 5.41) is 0. The van der Waals surface area contributed by atoms with Crippen LogP contribution in [0.15, 0.2) is 48.6 Å². The second kappa shape index (κ2) is 3.94. The Balaban J connectivity index is 2.16. The fourth-order valence-corrected chi connectivity index (χ4v) is 7.74. The first-order valence-electron chi connectivity index (χ1n) is 5.32. The molecular weight excluding hydrogens is 347 g/mol. The number of benzene rings is 1. The van der Waals surface area contributed by atoms with Crippen molar-refractivity contribution in [2.24, 2.45) is 0 Å². The van der Waals surface area contributed by atoms with Crippen LogP contribution in [0.25, 0.3) is 0 Å². The SMILES string of the molecule is O=C1OI(=O)(C2C=CC=CC2=O)c2ccccc21. The van der Waals surface area contributed by atoms with Crippen molar-refractivity contribution < 1.29 is 15.7 Å². The summed E-state index contributed by atoms with van der Waals surface area (Å²) >= 11 is -4.31. The molecule has 0 N–H and O–H groups in total. The average molecular weight is 356 g/mol. The predicted molar refractivity (Wildman–Crippen MR) is 72.3 cm³/mol. The Morgan fingerprint density at radius 3 is 2.67 bits per heavy atom. The third-order valence-electron chi connectivity index (χ3n) is 2.80. The van der Waals surface area contributed by atoms with Gasteiger partial charge >= 0.3 is 108 Å². The van der Waals surface area contributed by atoms with E-state index in [-0.39, 0.29) is 5.78 Å². The molecule has 1 aliphatic carbocycles. The van der Waals surface area contributed by atoms with E-state index in [4.69, 9.17) is 3.07 Å². The van der Waals surface area contributed by atoms with Gasteiger partial charge in [-0.15, -0.1) is 0 Å². The molecule has 2 atom stereocenters. The standard InChI is InChI=1S/C13H9IO4/c15-12-8-4-3-7-11(12)14(17)10-6-2-1-5-9(10)13(16)18-14/h1-8,11H. The maximum absolute atomic E-state index is 12.9. The van der Waals surface area contributed by atoms with E-state index in [0.717, 1.165) is 0 Å². The molecule has 1 aliphatic heterocycles. The van der Waals surface area contributed by atoms with Crippen LogP contribution < -0.4 is 0 Å². The van der Waals surface area contributed by atoms with Crippen molar-refractivity contribution in [3.8, 4) is 0 Å². The van der Waals surface area contributed by atoms with E-state index < -0.39 is 28.7 Å². The van der Waals surface area contributed by atoms with E-state index in [9.17, 15) is 12.7 Å². The Kier molecular flexibility index (Phi) is 2.51. The van der Waals surface area contributed by atoms with Crippen LogP contribution in [-0.4, -0.2) is 15.7 Å². The van der Waals surface area contributed by atoms with E-state index in [1.807, 2.05) is 0 Å². The van der Waals surface area contributed by atoms with Crippen molar-refractivity contribution >= 4 is 30.6 Å². The zero-order valence-electron chi connectivity index (χ0n) is 9.21. The molecule has 0 saturated carbocycles. The molecule has 92 valence electrons. The molecule has 0 bridgehead atoms. The minimum atomic E-state index is -4.31. The number of allylic oxidation sites excluding steroid dienone is 4. The Bertz CT molecular complexity index is 657. The average Bonchev–Trinajstić information content (AvgIpc) is 2.64. The number of fused-ring (bicyclic) bond motifs is 1. The molecule has 4 nitrogen and oxygen atoms in total. The quantitative estimate of drug-likeness (QED) is 0.573. The van der Waals surface area contributed by atoms with Crippen LogP contribution in [-0.2, 0) is 10.9 Å². The number of hydrogen-bond acceptors (Lipinski definition) is 4. The van der Waals surface area contributed by atoms with Gasteiger partial charge in [-0.1, -0.05) is 0 Å². The van der Waals surface area contributed by atoms with Gasteiger partial charge in [0, 0.05) is 0 Å². The summed E-state index contributed by atoms with van der Waals surface area (Å²) in [4.78, 5) is 23.5. The first-order chi connectivity index (χ1) is 8.63. The summed E-state index contributed by atoms with van der Waals surface area (Å²) in [7, 11) is 0. The summed E-state index contributed by atoms with van der Waals surface area (Å²) in [6.07, 6.45) is 6.17. The van der Waals surface area contributed by atoms with E-state index >= 15 is 0 Å². The van der Waals surface area contributed by atoms with Crippen molar-refractivity contribution in [1.82, 2.24) is 0 Å². The maximum atomic E-state index is 12.9. The molecule has 0 radical (unpaired) electrons. The van der Waals surface area contributed by atoms with Crippen LogP contribution in [0, 0.1) is 3.57 Å². The zero-order valence-corrected chi connectivity index (χ0v) is 11.4. The van der Waals surface area contributed by atoms with Gasteiger partial charge in [0.15, 0.2) is 0 Å². The minimum absolute atomic E-state index is 0.270. The van der Waals surface area contributed by atoms with Crippen molar-refractivity contribution in [3.63, 3.8) is 0 Å². The van der Waals surface area contributed by atoms with E-state index in [0.29, 0.717) is 9.13 Å². The Hall–Kier alpha value is -1.63. The van der Waals surface area contributed by atoms with Gasteiger partial charge < -0.3 is 0 Å². The summed E-state index contributed by atoms with van der Waals surface area (Å²) < 4.78 is 17.6. The van der Waals surface area contributed by atoms with Gasteiger partial charge in [-0.05, 0) is 0 Å². The molecule has 1 aromatic carbocycles. The van der Waals surface area contributed by atoms with E-state index in [1.165, 1.54) is 6.08 Å². The van der Waals surface area contributed by atoms with E-state index in [1.54, 1.807) is 42.5 Å². The number of alkyl halides is 1. The third-order valence-corrected chi connectivity index (χ3v) is 9.21. The zero-order chi connectivity index (χ0) is 12.8. The van der Waals surface area contributed by atoms with Crippen molar-refractivity contribution in [2.45, 2.75) is 3.92 Å². The summed E-state index contributed by atoms with van der Waals surface area (Å²) in [6.45, 7) is 0. The van der Waals surface area contributed by atoms with Crippen molar-refractivity contribution in [3.05, 3.63) is 57.7 Å². The monoisotopic (exact) mass is 356 g/mol. The molecule has 1 aromatic rings. The first kappa shape index (κ1) is 11.5. The summed E-state index contributed by atoms with van der Waals surface area (Å²) in [5.41, 5.74) is 0.319. The molecule has 0 aromatic heterocycles. The molecular formula is C13H9IO4. The number of carbonyl (C=O) groups excluding carboxylic acids is 2. The fraction of sp³-hybridized carbons (Fsp3) is 0.0769. The van der Waals surface area contributed by atoms with Gasteiger partial charge in [0.1, 0.15) is 0 Å². The Labute approximate surface area is 108 Å². The van der Waals surface area contributed by atoms with Gasteiger partial charge in [-0.2, -0.15) is 0 Å². The van der Waals surface area contributed by atoms with Gasteiger partial charge in [-0.3, -0.25) is 0 Å². The molecule has 2 aliphatic rings. The second-order valence-electron chi connectivity index (χ2n) is 3.90. The van der Waals surface area contributed by atoms with Gasteiger partial charge in [0.2, 0.25) is 0 Å². The van der Waals surface area contributed by atoms with Crippen molar-refractivity contribution in [1.29, 1.82) is 0 Å². The molecule has 0 saturated heterocycles. The van der Waals surface area contributed by atoms with Crippen LogP contribution in [0.1, 0.15) is 10.4 Å². The molecule has 0 amide bonds. The third kappa shape index (κ3) is 1.50. The molecule has 0 fully saturated rings. The summed E-state index contributed by atoms with van der Waals surface area (Å²) in [6, 6.07) is 6.58. The fourth-order valence-electron chi connectivity index (χ4n) is 1.95. The number of halogens is 1. The van der Waals surface area contributed by atoms with Crippen LogP contribution in [0.2, 0.25) is 0 Å². The Morgan fingerprint density at radius 2 is 1.89 bits per heavy atom. The van der Waals surface area contributed by atoms with Crippen LogP contribution in [0.5, 0.6) is 0 Å². The van der Waals surface area contributed by atoms with E-state index in [2.05, 4.69) is 0 Å². The second-order valence-corrected chi connectivity index (χ2v) is 9.72. The van der Waals surface area contributed by atoms with Gasteiger partial charge in [-0.25, -0.2) is 0 Å². The normalized spacial score (nSPS) is 32.8. The number of carbonyl (C=O) groups is 2.